The molecule has 2 unspecified atom stereocenters. The van der Waals surface area contributed by atoms with Crippen molar-refractivity contribution in [2.24, 2.45) is 11.8 Å². The lowest BCUT2D eigenvalue weighted by Gasteiger charge is -2.30. The summed E-state index contributed by atoms with van der Waals surface area (Å²) in [7, 11) is 0. The van der Waals surface area contributed by atoms with E-state index in [0.29, 0.717) is 0 Å². The van der Waals surface area contributed by atoms with Gasteiger partial charge < -0.3 is 30.6 Å². The summed E-state index contributed by atoms with van der Waals surface area (Å²) >= 11 is 1.59. The van der Waals surface area contributed by atoms with Crippen molar-refractivity contribution in [3.05, 3.63) is 65.8 Å². The minimum absolute atomic E-state index is 0.0214. The quantitative estimate of drug-likeness (QED) is 0.164. The summed E-state index contributed by atoms with van der Waals surface area (Å²) < 4.78 is 2.67. The molecule has 0 aliphatic carbocycles. The van der Waals surface area contributed by atoms with E-state index in [0.717, 1.165) is 21.7 Å². The lowest BCUT2D eigenvalue weighted by atomic mass is 10.0. The second-order valence-corrected chi connectivity index (χ2v) is 13.4. The number of nitrogens with one attached hydrogen (secondary N) is 1. The van der Waals surface area contributed by atoms with Gasteiger partial charge in [-0.3, -0.25) is 19.0 Å². The monoisotopic (exact) mass is 681 g/mol. The first-order valence-corrected chi connectivity index (χ1v) is 16.5. The van der Waals surface area contributed by atoms with E-state index in [1.165, 1.54) is 39.1 Å². The average molecular weight is 682 g/mol. The Labute approximate surface area is 282 Å². The number of amides is 2. The van der Waals surface area contributed by atoms with E-state index in [-0.39, 0.29) is 54.2 Å². The lowest BCUT2D eigenvalue weighted by molar-refractivity contribution is -0.143. The zero-order chi connectivity index (χ0) is 35.3. The van der Waals surface area contributed by atoms with E-state index in [9.17, 15) is 24.6 Å². The van der Waals surface area contributed by atoms with Gasteiger partial charge in [-0.15, -0.1) is 11.3 Å². The predicted molar refractivity (Wildman–Crippen MR) is 178 cm³/mol. The number of aromatic nitrogens is 5. The summed E-state index contributed by atoms with van der Waals surface area (Å²) in [4.78, 5) is 44.4. The zero-order valence-electron chi connectivity index (χ0n) is 27.8. The molecule has 5 atom stereocenters. The third-order valence-electron chi connectivity index (χ3n) is 8.16. The van der Waals surface area contributed by atoms with E-state index < -0.39 is 30.2 Å². The zero-order valence-corrected chi connectivity index (χ0v) is 28.6. The third-order valence-corrected chi connectivity index (χ3v) is 9.13. The van der Waals surface area contributed by atoms with E-state index in [1.807, 2.05) is 57.5 Å². The first kappa shape index (κ1) is 36.1. The van der Waals surface area contributed by atoms with Gasteiger partial charge in [0.05, 0.1) is 53.0 Å². The number of rotatable bonds is 10. The summed E-state index contributed by atoms with van der Waals surface area (Å²) in [5.74, 6) is -1.83. The van der Waals surface area contributed by atoms with Gasteiger partial charge in [0.25, 0.3) is 0 Å². The van der Waals surface area contributed by atoms with Crippen molar-refractivity contribution >= 4 is 29.1 Å². The summed E-state index contributed by atoms with van der Waals surface area (Å²) in [6.45, 7) is 11.3. The number of hydrogen-bond acceptors (Lipinski definition) is 10. The SMILES string of the molecule is CC(C)C(C(=O)O)n1cc(O)cn1.Cc1ncsc1-c1ccc([C@H](C)NC(=O)[C@@H]2C[C@@H](O)CN2C(=O)C(C(C)C)n2cc(O)cn2)cc1. The van der Waals surface area contributed by atoms with Gasteiger partial charge in [-0.1, -0.05) is 52.0 Å². The van der Waals surface area contributed by atoms with E-state index in [4.69, 9.17) is 10.2 Å². The number of aliphatic hydroxyl groups is 1. The van der Waals surface area contributed by atoms with Gasteiger partial charge in [-0.25, -0.2) is 9.78 Å². The molecule has 1 aliphatic heterocycles. The van der Waals surface area contributed by atoms with Crippen molar-refractivity contribution in [1.29, 1.82) is 0 Å². The van der Waals surface area contributed by atoms with Crippen molar-refractivity contribution in [3.63, 3.8) is 0 Å². The van der Waals surface area contributed by atoms with Crippen molar-refractivity contribution in [2.45, 2.75) is 78.2 Å². The van der Waals surface area contributed by atoms with Crippen LogP contribution in [0, 0.1) is 18.8 Å². The number of carbonyl (C=O) groups is 3. The Bertz CT molecular complexity index is 1700. The first-order valence-electron chi connectivity index (χ1n) is 15.7. The van der Waals surface area contributed by atoms with Crippen LogP contribution in [0.25, 0.3) is 10.4 Å². The molecule has 4 aromatic rings. The van der Waals surface area contributed by atoms with Gasteiger partial charge in [-0.2, -0.15) is 10.2 Å². The molecule has 2 amide bonds. The molecular weight excluding hydrogens is 638 g/mol. The number of carbonyl (C=O) groups excluding carboxylic acids is 2. The number of aliphatic hydroxyl groups excluding tert-OH is 1. The van der Waals surface area contributed by atoms with Gasteiger partial charge in [0.2, 0.25) is 11.8 Å². The minimum Gasteiger partial charge on any atom is -0.505 e. The fraction of sp³-hybridized carbons (Fsp3) is 0.455. The average Bonchev–Trinajstić information content (AvgIpc) is 3.82. The molecule has 5 N–H and O–H groups in total. The number of β-amino-alcohol motifs (C(OH)–C–C–N with tert-alkyl or cyclic N) is 1. The number of nitrogens with zero attached hydrogens (tertiary/aromatic N) is 6. The molecule has 1 aliphatic rings. The smallest absolute Gasteiger partial charge is 0.328 e. The Balaban J connectivity index is 0.000000336. The van der Waals surface area contributed by atoms with Crippen molar-refractivity contribution in [1.82, 2.24) is 34.8 Å². The number of aromatic hydroxyl groups is 2. The normalized spacial score (nSPS) is 17.9. The molecule has 4 heterocycles. The number of thiazole rings is 1. The summed E-state index contributed by atoms with van der Waals surface area (Å²) in [5.41, 5.74) is 4.82. The Kier molecular flexibility index (Phi) is 11.6. The lowest BCUT2D eigenvalue weighted by Crippen LogP contribution is -2.49. The first-order chi connectivity index (χ1) is 22.7. The van der Waals surface area contributed by atoms with Gasteiger partial charge in [0.1, 0.15) is 12.1 Å². The number of hydrogen-bond donors (Lipinski definition) is 5. The highest BCUT2D eigenvalue weighted by molar-refractivity contribution is 7.13. The molecule has 1 aromatic carbocycles. The topological polar surface area (TPSA) is 196 Å². The molecule has 5 rings (SSSR count). The maximum absolute atomic E-state index is 13.5. The fourth-order valence-electron chi connectivity index (χ4n) is 5.74. The predicted octanol–water partition coefficient (Wildman–Crippen LogP) is 3.93. The van der Waals surface area contributed by atoms with Crippen LogP contribution in [0.15, 0.2) is 54.6 Å². The maximum Gasteiger partial charge on any atom is 0.328 e. The van der Waals surface area contributed by atoms with Crippen LogP contribution < -0.4 is 5.32 Å². The minimum atomic E-state index is -0.946. The van der Waals surface area contributed by atoms with Crippen LogP contribution in [0.2, 0.25) is 0 Å². The van der Waals surface area contributed by atoms with Crippen LogP contribution in [0.3, 0.4) is 0 Å². The summed E-state index contributed by atoms with van der Waals surface area (Å²) in [6, 6.07) is 5.50. The Morgan fingerprint density at radius 1 is 0.917 bits per heavy atom. The standard InChI is InChI=1S/C25H31N5O4S.C8H12N2O3/c1-14(2)22(30-12-20(32)10-27-30)25(34)29-11-19(31)9-21(29)24(33)28-15(3)17-5-7-18(8-6-17)23-16(4)26-13-35-23;1-5(2)7(8(12)13)10-4-6(11)3-9-10/h5-8,10,12-15,19,21-22,31-32H,9,11H2,1-4H3,(H,28,33);3-5,7,11H,1-2H3,(H,12,13)/t15-,19+,21-,22?;/m0./s1. The van der Waals surface area contributed by atoms with Crippen LogP contribution in [0.1, 0.15) is 70.4 Å². The number of likely N-dealkylation sites (tertiary alicyclic amines) is 1. The number of carboxylic acid groups (broad SMARTS) is 1. The van der Waals surface area contributed by atoms with Crippen LogP contribution >= 0.6 is 11.3 Å². The maximum atomic E-state index is 13.5. The molecule has 15 heteroatoms. The van der Waals surface area contributed by atoms with E-state index >= 15 is 0 Å². The van der Waals surface area contributed by atoms with Crippen molar-refractivity contribution < 1.29 is 34.8 Å². The number of carboxylic acids is 1. The second kappa shape index (κ2) is 15.4. The molecular formula is C33H43N7O7S. The molecule has 0 saturated carbocycles. The summed E-state index contributed by atoms with van der Waals surface area (Å²) in [5, 5.41) is 48.7. The Hall–Kier alpha value is -4.76. The molecule has 3 aromatic heterocycles. The van der Waals surface area contributed by atoms with Crippen LogP contribution in [-0.2, 0) is 14.4 Å². The van der Waals surface area contributed by atoms with Crippen LogP contribution in [0.4, 0.5) is 0 Å². The molecule has 0 bridgehead atoms. The van der Waals surface area contributed by atoms with Crippen LogP contribution in [0.5, 0.6) is 11.5 Å². The van der Waals surface area contributed by atoms with E-state index in [1.54, 1.807) is 25.2 Å². The van der Waals surface area contributed by atoms with Gasteiger partial charge in [0, 0.05) is 13.0 Å². The second-order valence-electron chi connectivity index (χ2n) is 12.6. The van der Waals surface area contributed by atoms with Crippen molar-refractivity contribution in [2.75, 3.05) is 6.54 Å². The van der Waals surface area contributed by atoms with Gasteiger partial charge in [-0.05, 0) is 36.8 Å². The number of aryl methyl sites for hydroxylation is 1. The molecule has 258 valence electrons. The molecule has 1 saturated heterocycles. The molecule has 1 fully saturated rings. The molecule has 0 spiro atoms. The van der Waals surface area contributed by atoms with Crippen molar-refractivity contribution in [3.8, 4) is 21.9 Å². The Morgan fingerprint density at radius 2 is 1.48 bits per heavy atom. The highest BCUT2D eigenvalue weighted by Gasteiger charge is 2.42. The van der Waals surface area contributed by atoms with E-state index in [2.05, 4.69) is 20.5 Å². The number of benzene rings is 1. The van der Waals surface area contributed by atoms with Crippen LogP contribution in [-0.4, -0.2) is 86.3 Å². The highest BCUT2D eigenvalue weighted by atomic mass is 32.1. The molecule has 14 nitrogen and oxygen atoms in total. The largest absolute Gasteiger partial charge is 0.505 e. The Morgan fingerprint density at radius 3 is 1.94 bits per heavy atom. The summed E-state index contributed by atoms with van der Waals surface area (Å²) in [6.07, 6.45) is 4.57. The molecule has 48 heavy (non-hydrogen) atoms. The van der Waals surface area contributed by atoms with Gasteiger partial charge in [0.15, 0.2) is 17.5 Å². The number of aliphatic carboxylic acids is 1. The van der Waals surface area contributed by atoms with Gasteiger partial charge >= 0.3 is 5.97 Å². The highest BCUT2D eigenvalue weighted by Crippen LogP contribution is 2.30. The third kappa shape index (κ3) is 8.39. The fourth-order valence-corrected chi connectivity index (χ4v) is 6.55. The molecule has 0 radical (unpaired) electrons.